The first-order valence-corrected chi connectivity index (χ1v) is 8.36. The normalized spacial score (nSPS) is 14.1. The number of benzene rings is 1. The second-order valence-corrected chi connectivity index (χ2v) is 6.04. The lowest BCUT2D eigenvalue weighted by molar-refractivity contribution is 0.139. The van der Waals surface area contributed by atoms with E-state index in [1.54, 1.807) is 0 Å². The summed E-state index contributed by atoms with van der Waals surface area (Å²) in [5, 5.41) is 16.9. The molecule has 0 aliphatic carbocycles. The maximum Gasteiger partial charge on any atom is 0.318 e. The Balaban J connectivity index is 1.45. The van der Waals surface area contributed by atoms with Gasteiger partial charge in [-0.2, -0.15) is 0 Å². The number of fused-ring (bicyclic) bond motifs is 1. The second-order valence-electron chi connectivity index (χ2n) is 6.04. The lowest BCUT2D eigenvalue weighted by Gasteiger charge is -2.14. The molecule has 1 aliphatic heterocycles. The molecule has 1 aliphatic rings. The maximum atomic E-state index is 5.79. The third-order valence-electron chi connectivity index (χ3n) is 4.19. The van der Waals surface area contributed by atoms with Crippen molar-refractivity contribution in [3.05, 3.63) is 53.4 Å². The van der Waals surface area contributed by atoms with Crippen LogP contribution >= 0.6 is 0 Å². The minimum absolute atomic E-state index is 0.480. The van der Waals surface area contributed by atoms with Gasteiger partial charge in [-0.05, 0) is 5.56 Å². The van der Waals surface area contributed by atoms with Crippen LogP contribution in [0.15, 0.2) is 34.7 Å². The molecule has 1 aromatic carbocycles. The highest BCUT2D eigenvalue weighted by molar-refractivity contribution is 5.25. The predicted octanol–water partition coefficient (Wildman–Crippen LogP) is 1.46. The van der Waals surface area contributed by atoms with Crippen molar-refractivity contribution in [3.63, 3.8) is 0 Å². The minimum atomic E-state index is 0.480. The van der Waals surface area contributed by atoms with Crippen LogP contribution in [-0.2, 0) is 30.7 Å². The SMILES string of the molecule is CN(Cc1nnc2n1CCOCC2)c1nnc(Cc2ccccc2)o1. The fourth-order valence-corrected chi connectivity index (χ4v) is 2.87. The van der Waals surface area contributed by atoms with Gasteiger partial charge in [0.2, 0.25) is 5.89 Å². The summed E-state index contributed by atoms with van der Waals surface area (Å²) in [5.41, 5.74) is 1.14. The van der Waals surface area contributed by atoms with Crippen LogP contribution < -0.4 is 4.90 Å². The molecule has 3 aromatic rings. The fraction of sp³-hybridized carbons (Fsp3) is 0.412. The Hall–Kier alpha value is -2.74. The summed E-state index contributed by atoms with van der Waals surface area (Å²) in [7, 11) is 1.91. The first-order valence-electron chi connectivity index (χ1n) is 8.36. The van der Waals surface area contributed by atoms with Gasteiger partial charge in [0.15, 0.2) is 5.82 Å². The second kappa shape index (κ2) is 7.02. The Morgan fingerprint density at radius 1 is 1.08 bits per heavy atom. The van der Waals surface area contributed by atoms with E-state index in [1.807, 2.05) is 42.3 Å². The van der Waals surface area contributed by atoms with Gasteiger partial charge in [-0.15, -0.1) is 15.3 Å². The summed E-state index contributed by atoms with van der Waals surface area (Å²) in [5.74, 6) is 2.45. The fourth-order valence-electron chi connectivity index (χ4n) is 2.87. The molecule has 0 saturated heterocycles. The number of hydrogen-bond acceptors (Lipinski definition) is 7. The topological polar surface area (TPSA) is 82.1 Å². The molecule has 8 heteroatoms. The largest absolute Gasteiger partial charge is 0.408 e. The van der Waals surface area contributed by atoms with Crippen LogP contribution in [0.4, 0.5) is 6.01 Å². The van der Waals surface area contributed by atoms with E-state index in [2.05, 4.69) is 25.0 Å². The van der Waals surface area contributed by atoms with Crippen molar-refractivity contribution in [2.45, 2.75) is 25.9 Å². The molecule has 0 unspecified atom stereocenters. The van der Waals surface area contributed by atoms with Gasteiger partial charge < -0.3 is 18.6 Å². The molecule has 0 N–H and O–H groups in total. The van der Waals surface area contributed by atoms with Crippen molar-refractivity contribution in [3.8, 4) is 0 Å². The zero-order valence-electron chi connectivity index (χ0n) is 14.1. The van der Waals surface area contributed by atoms with Crippen LogP contribution in [0.1, 0.15) is 23.1 Å². The summed E-state index contributed by atoms with van der Waals surface area (Å²) in [6, 6.07) is 10.6. The van der Waals surface area contributed by atoms with E-state index >= 15 is 0 Å². The molecule has 2 aromatic heterocycles. The number of nitrogens with zero attached hydrogens (tertiary/aromatic N) is 6. The zero-order chi connectivity index (χ0) is 17.1. The van der Waals surface area contributed by atoms with E-state index < -0.39 is 0 Å². The van der Waals surface area contributed by atoms with Crippen molar-refractivity contribution in [1.29, 1.82) is 0 Å². The Morgan fingerprint density at radius 2 is 1.96 bits per heavy atom. The summed E-state index contributed by atoms with van der Waals surface area (Å²) in [4.78, 5) is 1.89. The van der Waals surface area contributed by atoms with Crippen molar-refractivity contribution >= 4 is 6.01 Å². The minimum Gasteiger partial charge on any atom is -0.408 e. The smallest absolute Gasteiger partial charge is 0.318 e. The van der Waals surface area contributed by atoms with Crippen molar-refractivity contribution in [2.24, 2.45) is 0 Å². The van der Waals surface area contributed by atoms with E-state index in [1.165, 1.54) is 0 Å². The molecule has 0 fully saturated rings. The van der Waals surface area contributed by atoms with Gasteiger partial charge in [0, 0.05) is 20.0 Å². The van der Waals surface area contributed by atoms with Gasteiger partial charge in [0.05, 0.1) is 26.2 Å². The molecule has 3 heterocycles. The molecule has 130 valence electrons. The number of aromatic nitrogens is 5. The molecule has 0 amide bonds. The monoisotopic (exact) mass is 340 g/mol. The standard InChI is InChI=1S/C17H20N6O2/c1-22(12-15-19-18-14-7-9-24-10-8-23(14)15)17-21-20-16(25-17)11-13-5-3-2-4-6-13/h2-6H,7-12H2,1H3. The molecule has 0 radical (unpaired) electrons. The van der Waals surface area contributed by atoms with Gasteiger partial charge in [-0.25, -0.2) is 0 Å². The van der Waals surface area contributed by atoms with Crippen LogP contribution in [-0.4, -0.2) is 45.2 Å². The zero-order valence-corrected chi connectivity index (χ0v) is 14.1. The van der Waals surface area contributed by atoms with Crippen molar-refractivity contribution in [1.82, 2.24) is 25.0 Å². The number of ether oxygens (including phenoxy) is 1. The van der Waals surface area contributed by atoms with Crippen LogP contribution in [0.2, 0.25) is 0 Å². The Labute approximate surface area is 145 Å². The third kappa shape index (κ3) is 3.53. The highest BCUT2D eigenvalue weighted by Crippen LogP contribution is 2.17. The molecule has 4 rings (SSSR count). The van der Waals surface area contributed by atoms with E-state index in [-0.39, 0.29) is 0 Å². The average Bonchev–Trinajstić information content (AvgIpc) is 3.16. The molecule has 0 bridgehead atoms. The van der Waals surface area contributed by atoms with Gasteiger partial charge in [0.25, 0.3) is 0 Å². The summed E-state index contributed by atoms with van der Waals surface area (Å²) in [6.45, 7) is 2.71. The molecule has 25 heavy (non-hydrogen) atoms. The van der Waals surface area contributed by atoms with E-state index in [0.717, 1.165) is 30.2 Å². The van der Waals surface area contributed by atoms with Crippen LogP contribution in [0, 0.1) is 0 Å². The number of hydrogen-bond donors (Lipinski definition) is 0. The lowest BCUT2D eigenvalue weighted by atomic mass is 10.2. The third-order valence-corrected chi connectivity index (χ3v) is 4.19. The molecule has 0 saturated carbocycles. The summed E-state index contributed by atoms with van der Waals surface area (Å²) >= 11 is 0. The van der Waals surface area contributed by atoms with Crippen LogP contribution in [0.3, 0.4) is 0 Å². The Morgan fingerprint density at radius 3 is 2.84 bits per heavy atom. The molecule has 0 spiro atoms. The van der Waals surface area contributed by atoms with E-state index in [4.69, 9.17) is 9.15 Å². The summed E-state index contributed by atoms with van der Waals surface area (Å²) < 4.78 is 13.4. The highest BCUT2D eigenvalue weighted by Gasteiger charge is 2.18. The van der Waals surface area contributed by atoms with Crippen LogP contribution in [0.25, 0.3) is 0 Å². The first kappa shape index (κ1) is 15.8. The number of anilines is 1. The van der Waals surface area contributed by atoms with Gasteiger partial charge in [-0.3, -0.25) is 0 Å². The Kier molecular flexibility index (Phi) is 4.43. The Bertz CT molecular complexity index is 829. The highest BCUT2D eigenvalue weighted by atomic mass is 16.5. The predicted molar refractivity (Wildman–Crippen MR) is 90.2 cm³/mol. The van der Waals surface area contributed by atoms with Crippen molar-refractivity contribution < 1.29 is 9.15 Å². The first-order chi connectivity index (χ1) is 12.3. The summed E-state index contributed by atoms with van der Waals surface area (Å²) in [6.07, 6.45) is 1.41. The number of rotatable bonds is 5. The van der Waals surface area contributed by atoms with Gasteiger partial charge >= 0.3 is 6.01 Å². The quantitative estimate of drug-likeness (QED) is 0.695. The van der Waals surface area contributed by atoms with Gasteiger partial charge in [-0.1, -0.05) is 35.4 Å². The lowest BCUT2D eigenvalue weighted by Crippen LogP contribution is -2.21. The molecule has 0 atom stereocenters. The molecular weight excluding hydrogens is 320 g/mol. The maximum absolute atomic E-state index is 5.79. The van der Waals surface area contributed by atoms with Crippen LogP contribution in [0.5, 0.6) is 0 Å². The molecular formula is C17H20N6O2. The van der Waals surface area contributed by atoms with E-state index in [9.17, 15) is 0 Å². The average molecular weight is 340 g/mol. The van der Waals surface area contributed by atoms with E-state index in [0.29, 0.717) is 38.1 Å². The molecule has 8 nitrogen and oxygen atoms in total. The van der Waals surface area contributed by atoms with Gasteiger partial charge in [0.1, 0.15) is 5.82 Å². The van der Waals surface area contributed by atoms with Crippen molar-refractivity contribution in [2.75, 3.05) is 25.2 Å².